The number of hydrogen-bond acceptors (Lipinski definition) is 6. The van der Waals surface area contributed by atoms with Crippen molar-refractivity contribution in [3.8, 4) is 0 Å². The van der Waals surface area contributed by atoms with Crippen molar-refractivity contribution in [2.24, 2.45) is 0 Å². The molecule has 18 heavy (non-hydrogen) atoms. The van der Waals surface area contributed by atoms with Crippen molar-refractivity contribution in [2.45, 2.75) is 32.9 Å². The normalized spacial score (nSPS) is 14.9. The first kappa shape index (κ1) is 12.8. The number of nitrogens with one attached hydrogen (secondary N) is 2. The van der Waals surface area contributed by atoms with Crippen LogP contribution in [0.2, 0.25) is 0 Å². The summed E-state index contributed by atoms with van der Waals surface area (Å²) in [6.45, 7) is 5.76. The van der Waals surface area contributed by atoms with Crippen molar-refractivity contribution >= 4 is 29.5 Å². The number of anilines is 2. The Kier molecular flexibility index (Phi) is 3.27. The molecule has 0 aliphatic carbocycles. The third kappa shape index (κ3) is 2.99. The van der Waals surface area contributed by atoms with Crippen molar-refractivity contribution in [1.29, 1.82) is 0 Å². The van der Waals surface area contributed by atoms with Crippen molar-refractivity contribution < 1.29 is 9.53 Å². The molecular weight excluding hydrogens is 258 g/mol. The Bertz CT molecular complexity index is 474. The molecule has 98 valence electrons. The Balaban J connectivity index is 2.12. The fourth-order valence-corrected chi connectivity index (χ4v) is 1.66. The molecule has 8 heteroatoms. The molecule has 1 aliphatic heterocycles. The maximum Gasteiger partial charge on any atom is 0.413 e. The zero-order valence-electron chi connectivity index (χ0n) is 10.3. The summed E-state index contributed by atoms with van der Waals surface area (Å²) >= 11 is 5.80. The monoisotopic (exact) mass is 271 g/mol. The zero-order chi connectivity index (χ0) is 13.3. The van der Waals surface area contributed by atoms with Crippen LogP contribution in [0.15, 0.2) is 6.33 Å². The highest BCUT2D eigenvalue weighted by Gasteiger charge is 2.24. The molecule has 0 aromatic carbocycles. The average molecular weight is 272 g/mol. The molecule has 0 fully saturated rings. The summed E-state index contributed by atoms with van der Waals surface area (Å²) in [6, 6.07) is 0. The molecule has 0 atom stereocenters. The predicted molar refractivity (Wildman–Crippen MR) is 66.9 cm³/mol. The van der Waals surface area contributed by atoms with Gasteiger partial charge in [0, 0.05) is 11.8 Å². The maximum absolute atomic E-state index is 11.6. The first-order valence-electron chi connectivity index (χ1n) is 5.39. The van der Waals surface area contributed by atoms with Gasteiger partial charge in [0.2, 0.25) is 0 Å². The van der Waals surface area contributed by atoms with Crippen LogP contribution in [-0.2, 0) is 11.3 Å². The van der Waals surface area contributed by atoms with Gasteiger partial charge in [-0.25, -0.2) is 14.8 Å². The highest BCUT2D eigenvalue weighted by atomic mass is 35.5. The lowest BCUT2D eigenvalue weighted by Crippen LogP contribution is -2.27. The van der Waals surface area contributed by atoms with E-state index in [0.717, 1.165) is 5.56 Å². The second-order valence-electron chi connectivity index (χ2n) is 4.81. The predicted octanol–water partition coefficient (Wildman–Crippen LogP) is 2.12. The zero-order valence-corrected chi connectivity index (χ0v) is 11.1. The summed E-state index contributed by atoms with van der Waals surface area (Å²) in [5.74, 6) is 0.968. The number of amides is 1. The van der Waals surface area contributed by atoms with Crippen LogP contribution in [0.1, 0.15) is 26.3 Å². The number of rotatable bonds is 1. The van der Waals surface area contributed by atoms with Crippen LogP contribution in [0, 0.1) is 0 Å². The molecule has 1 aromatic rings. The van der Waals surface area contributed by atoms with Gasteiger partial charge in [-0.1, -0.05) is 0 Å². The van der Waals surface area contributed by atoms with E-state index >= 15 is 0 Å². The molecule has 0 unspecified atom stereocenters. The molecule has 7 nitrogen and oxygen atoms in total. The first-order valence-corrected chi connectivity index (χ1v) is 5.73. The number of hydrazine groups is 1. The maximum atomic E-state index is 11.6. The lowest BCUT2D eigenvalue weighted by Gasteiger charge is -2.19. The number of halogens is 1. The Morgan fingerprint density at radius 2 is 2.28 bits per heavy atom. The molecule has 0 radical (unpaired) electrons. The minimum atomic E-state index is -0.559. The molecule has 0 bridgehead atoms. The van der Waals surface area contributed by atoms with Crippen molar-refractivity contribution in [1.82, 2.24) is 14.5 Å². The summed E-state index contributed by atoms with van der Waals surface area (Å²) in [5.41, 5.74) is 2.98. The highest BCUT2D eigenvalue weighted by Crippen LogP contribution is 2.28. The van der Waals surface area contributed by atoms with E-state index in [0.29, 0.717) is 18.2 Å². The number of carbonyl (C=O) groups excluding carboxylic acids is 1. The second kappa shape index (κ2) is 4.58. The van der Waals surface area contributed by atoms with E-state index in [2.05, 4.69) is 20.7 Å². The smallest absolute Gasteiger partial charge is 0.413 e. The van der Waals surface area contributed by atoms with Crippen LogP contribution in [0.3, 0.4) is 0 Å². The van der Waals surface area contributed by atoms with Crippen LogP contribution in [-0.4, -0.2) is 26.2 Å². The van der Waals surface area contributed by atoms with E-state index in [-0.39, 0.29) is 0 Å². The summed E-state index contributed by atoms with van der Waals surface area (Å²) in [6.07, 6.45) is 0.783. The molecular formula is C10H14ClN5O2. The van der Waals surface area contributed by atoms with Gasteiger partial charge in [0.1, 0.15) is 17.7 Å². The number of ether oxygens (including phenoxy) is 1. The Morgan fingerprint density at radius 1 is 1.56 bits per heavy atom. The Morgan fingerprint density at radius 3 is 2.94 bits per heavy atom. The van der Waals surface area contributed by atoms with Gasteiger partial charge in [-0.3, -0.25) is 10.7 Å². The molecule has 2 heterocycles. The number of hydrogen-bond donors (Lipinski definition) is 2. The molecule has 0 saturated heterocycles. The number of aromatic nitrogens is 2. The third-order valence-electron chi connectivity index (χ3n) is 2.09. The topological polar surface area (TPSA) is 79.4 Å². The van der Waals surface area contributed by atoms with Gasteiger partial charge in [-0.2, -0.15) is 0 Å². The fraction of sp³-hybridized carbons (Fsp3) is 0.500. The van der Waals surface area contributed by atoms with Gasteiger partial charge in [0.15, 0.2) is 5.82 Å². The minimum absolute atomic E-state index is 0.392. The van der Waals surface area contributed by atoms with Gasteiger partial charge in [-0.05, 0) is 20.8 Å². The molecule has 1 aromatic heterocycles. The SMILES string of the molecule is CC(C)(C)OC(=O)Nc1ncnc2c1CN(Cl)N2. The lowest BCUT2D eigenvalue weighted by molar-refractivity contribution is 0.0635. The molecule has 0 saturated carbocycles. The summed E-state index contributed by atoms with van der Waals surface area (Å²) in [5, 5.41) is 2.58. The van der Waals surface area contributed by atoms with Crippen LogP contribution >= 0.6 is 11.8 Å². The third-order valence-corrected chi connectivity index (χ3v) is 2.29. The van der Waals surface area contributed by atoms with Gasteiger partial charge in [0.05, 0.1) is 12.1 Å². The van der Waals surface area contributed by atoms with Crippen molar-refractivity contribution in [3.63, 3.8) is 0 Å². The Hall–Kier alpha value is -1.60. The summed E-state index contributed by atoms with van der Waals surface area (Å²) < 4.78 is 6.48. The van der Waals surface area contributed by atoms with E-state index in [1.165, 1.54) is 10.9 Å². The van der Waals surface area contributed by atoms with Crippen LogP contribution in [0.4, 0.5) is 16.4 Å². The first-order chi connectivity index (χ1) is 8.35. The number of fused-ring (bicyclic) bond motifs is 1. The molecule has 0 spiro atoms. The van der Waals surface area contributed by atoms with Crippen LogP contribution < -0.4 is 10.7 Å². The quantitative estimate of drug-likeness (QED) is 0.762. The molecule has 2 rings (SSSR count). The van der Waals surface area contributed by atoms with E-state index in [9.17, 15) is 4.79 Å². The van der Waals surface area contributed by atoms with Crippen LogP contribution in [0.5, 0.6) is 0 Å². The standard InChI is InChI=1S/C10H14ClN5O2/c1-10(2,3)18-9(17)14-7-6-4-16(11)15-8(6)13-5-12-7/h5H,4H2,1-3H3,(H2,12,13,14,15,17). The molecule has 1 aliphatic rings. The largest absolute Gasteiger partial charge is 0.444 e. The van der Waals surface area contributed by atoms with Gasteiger partial charge in [-0.15, -0.1) is 4.53 Å². The van der Waals surface area contributed by atoms with E-state index in [4.69, 9.17) is 16.5 Å². The Labute approximate surface area is 110 Å². The lowest BCUT2D eigenvalue weighted by atomic mass is 10.2. The van der Waals surface area contributed by atoms with Crippen LogP contribution in [0.25, 0.3) is 0 Å². The van der Waals surface area contributed by atoms with E-state index in [1.54, 1.807) is 20.8 Å². The summed E-state index contributed by atoms with van der Waals surface area (Å²) in [4.78, 5) is 19.7. The summed E-state index contributed by atoms with van der Waals surface area (Å²) in [7, 11) is 0. The number of nitrogens with zero attached hydrogens (tertiary/aromatic N) is 3. The van der Waals surface area contributed by atoms with Gasteiger partial charge >= 0.3 is 6.09 Å². The fourth-order valence-electron chi connectivity index (χ4n) is 1.46. The van der Waals surface area contributed by atoms with Crippen molar-refractivity contribution in [3.05, 3.63) is 11.9 Å². The highest BCUT2D eigenvalue weighted by molar-refractivity contribution is 6.14. The molecule has 2 N–H and O–H groups in total. The molecule has 1 amide bonds. The van der Waals surface area contributed by atoms with E-state index < -0.39 is 11.7 Å². The van der Waals surface area contributed by atoms with E-state index in [1.807, 2.05) is 0 Å². The average Bonchev–Trinajstić information content (AvgIpc) is 2.56. The van der Waals surface area contributed by atoms with Gasteiger partial charge < -0.3 is 4.74 Å². The second-order valence-corrected chi connectivity index (χ2v) is 5.22. The minimum Gasteiger partial charge on any atom is -0.444 e. The van der Waals surface area contributed by atoms with Gasteiger partial charge in [0.25, 0.3) is 0 Å². The number of carbonyl (C=O) groups is 1. The van der Waals surface area contributed by atoms with Crippen molar-refractivity contribution in [2.75, 3.05) is 10.7 Å².